The van der Waals surface area contributed by atoms with E-state index in [2.05, 4.69) is 15.6 Å². The van der Waals surface area contributed by atoms with E-state index >= 15 is 0 Å². The zero-order valence-corrected chi connectivity index (χ0v) is 18.4. The molecule has 1 saturated heterocycles. The van der Waals surface area contributed by atoms with Crippen LogP contribution in [0.1, 0.15) is 33.9 Å². The maximum atomic E-state index is 14.1. The molecule has 32 heavy (non-hydrogen) atoms. The number of alkyl halides is 1. The molecule has 1 aliphatic heterocycles. The second-order valence-electron chi connectivity index (χ2n) is 7.98. The number of pyridine rings is 1. The van der Waals surface area contributed by atoms with Gasteiger partial charge < -0.3 is 20.5 Å². The molecular weight excluding hydrogens is 433 g/mol. The minimum Gasteiger partial charge on any atom is -0.394 e. The Morgan fingerprint density at radius 3 is 2.88 bits per heavy atom. The number of carbonyl (C=O) groups excluding carboxylic acids is 1. The number of fused-ring (bicyclic) bond motifs is 1. The molecule has 0 aliphatic carbocycles. The van der Waals surface area contributed by atoms with Gasteiger partial charge in [0.2, 0.25) is 0 Å². The molecule has 0 unspecified atom stereocenters. The first kappa shape index (κ1) is 22.5. The van der Waals surface area contributed by atoms with E-state index in [0.29, 0.717) is 29.4 Å². The number of hydrogen-bond acceptors (Lipinski definition) is 5. The molecule has 3 atom stereocenters. The van der Waals surface area contributed by atoms with Crippen LogP contribution in [0.2, 0.25) is 5.02 Å². The largest absolute Gasteiger partial charge is 0.394 e. The summed E-state index contributed by atoms with van der Waals surface area (Å²) in [6.07, 6.45) is 1.16. The average molecular weight is 458 g/mol. The van der Waals surface area contributed by atoms with Crippen molar-refractivity contribution in [3.63, 3.8) is 0 Å². The number of aliphatic hydroxyl groups is 1. The molecular formula is C24H25ClFN3O3. The van der Waals surface area contributed by atoms with Crippen LogP contribution < -0.4 is 10.6 Å². The molecule has 1 aromatic heterocycles. The summed E-state index contributed by atoms with van der Waals surface area (Å²) in [5.74, 6) is 0.231. The molecule has 2 heterocycles. The Morgan fingerprint density at radius 1 is 1.28 bits per heavy atom. The van der Waals surface area contributed by atoms with Crippen molar-refractivity contribution < 1.29 is 19.0 Å². The van der Waals surface area contributed by atoms with Gasteiger partial charge in [-0.25, -0.2) is 9.37 Å². The van der Waals surface area contributed by atoms with Crippen LogP contribution in [0, 0.1) is 6.92 Å². The maximum Gasteiger partial charge on any atom is 0.251 e. The van der Waals surface area contributed by atoms with Crippen LogP contribution in [0.5, 0.6) is 0 Å². The summed E-state index contributed by atoms with van der Waals surface area (Å²) in [6, 6.07) is 11.6. The normalized spacial score (nSPS) is 19.5. The summed E-state index contributed by atoms with van der Waals surface area (Å²) >= 11 is 6.19. The van der Waals surface area contributed by atoms with E-state index in [9.17, 15) is 14.3 Å². The zero-order chi connectivity index (χ0) is 22.7. The van der Waals surface area contributed by atoms with Gasteiger partial charge in [-0.2, -0.15) is 0 Å². The summed E-state index contributed by atoms with van der Waals surface area (Å²) < 4.78 is 19.2. The van der Waals surface area contributed by atoms with Gasteiger partial charge in [0.1, 0.15) is 12.0 Å². The van der Waals surface area contributed by atoms with Crippen LogP contribution in [0.15, 0.2) is 48.7 Å². The number of halogens is 2. The second kappa shape index (κ2) is 9.81. The minimum atomic E-state index is -1.09. The van der Waals surface area contributed by atoms with Gasteiger partial charge in [0.15, 0.2) is 0 Å². The molecule has 8 heteroatoms. The standard InChI is InChI=1S/C24H25ClFN3O3/c1-14-2-3-15(9-19(14)25)22(12-30)29-24(31)16-4-5-17-11-27-23(10-18(17)8-16)28-21-6-7-32-13-20(21)26/h2-5,8-11,20-22,30H,6-7,12-13H2,1H3,(H,27,28)(H,29,31)/t20-,21+,22-/m1/s1. The summed E-state index contributed by atoms with van der Waals surface area (Å²) in [4.78, 5) is 17.2. The molecule has 168 valence electrons. The lowest BCUT2D eigenvalue weighted by molar-refractivity contribution is 0.0285. The highest BCUT2D eigenvalue weighted by Gasteiger charge is 2.25. The number of aryl methyl sites for hydroxylation is 1. The maximum absolute atomic E-state index is 14.1. The van der Waals surface area contributed by atoms with Gasteiger partial charge in [-0.05, 0) is 54.1 Å². The van der Waals surface area contributed by atoms with Gasteiger partial charge in [-0.3, -0.25) is 4.79 Å². The Morgan fingerprint density at radius 2 is 2.12 bits per heavy atom. The third kappa shape index (κ3) is 5.01. The van der Waals surface area contributed by atoms with Crippen LogP contribution in [0.3, 0.4) is 0 Å². The molecule has 1 amide bonds. The first-order chi connectivity index (χ1) is 15.4. The molecule has 6 nitrogen and oxygen atoms in total. The average Bonchev–Trinajstić information content (AvgIpc) is 2.80. The molecule has 0 saturated carbocycles. The van der Waals surface area contributed by atoms with E-state index < -0.39 is 12.2 Å². The van der Waals surface area contributed by atoms with Crippen molar-refractivity contribution in [1.82, 2.24) is 10.3 Å². The van der Waals surface area contributed by atoms with Gasteiger partial charge >= 0.3 is 0 Å². The van der Waals surface area contributed by atoms with E-state index in [1.165, 1.54) is 0 Å². The number of nitrogens with one attached hydrogen (secondary N) is 2. The molecule has 1 fully saturated rings. The topological polar surface area (TPSA) is 83.5 Å². The molecule has 4 rings (SSSR count). The monoisotopic (exact) mass is 457 g/mol. The highest BCUT2D eigenvalue weighted by atomic mass is 35.5. The van der Waals surface area contributed by atoms with Gasteiger partial charge in [-0.1, -0.05) is 29.8 Å². The fourth-order valence-corrected chi connectivity index (χ4v) is 3.91. The quantitative estimate of drug-likeness (QED) is 0.516. The number of hydrogen-bond donors (Lipinski definition) is 3. The van der Waals surface area contributed by atoms with E-state index in [-0.39, 0.29) is 25.2 Å². The third-order valence-electron chi connectivity index (χ3n) is 5.69. The number of amides is 1. The van der Waals surface area contributed by atoms with Crippen molar-refractivity contribution in [3.05, 3.63) is 70.4 Å². The Bertz CT molecular complexity index is 1130. The smallest absolute Gasteiger partial charge is 0.251 e. The van der Waals surface area contributed by atoms with Crippen molar-refractivity contribution in [2.75, 3.05) is 25.1 Å². The van der Waals surface area contributed by atoms with Crippen molar-refractivity contribution in [1.29, 1.82) is 0 Å². The summed E-state index contributed by atoms with van der Waals surface area (Å²) in [6.45, 7) is 2.22. The van der Waals surface area contributed by atoms with E-state index in [4.69, 9.17) is 16.3 Å². The Labute approximate surface area is 190 Å². The summed E-state index contributed by atoms with van der Waals surface area (Å²) in [5.41, 5.74) is 2.09. The third-order valence-corrected chi connectivity index (χ3v) is 6.10. The number of rotatable bonds is 6. The van der Waals surface area contributed by atoms with Crippen LogP contribution in [-0.2, 0) is 4.74 Å². The lowest BCUT2D eigenvalue weighted by Gasteiger charge is -2.27. The summed E-state index contributed by atoms with van der Waals surface area (Å²) in [5, 5.41) is 18.0. The predicted octanol–water partition coefficient (Wildman–Crippen LogP) is 4.20. The molecule has 2 aromatic carbocycles. The fourth-order valence-electron chi connectivity index (χ4n) is 3.72. The first-order valence-electron chi connectivity index (χ1n) is 10.5. The predicted molar refractivity (Wildman–Crippen MR) is 123 cm³/mol. The molecule has 3 N–H and O–H groups in total. The second-order valence-corrected chi connectivity index (χ2v) is 8.39. The van der Waals surface area contributed by atoms with Crippen molar-refractivity contribution >= 4 is 34.1 Å². The lowest BCUT2D eigenvalue weighted by Crippen LogP contribution is -2.39. The Balaban J connectivity index is 1.52. The van der Waals surface area contributed by atoms with Crippen molar-refractivity contribution in [2.45, 2.75) is 31.6 Å². The SMILES string of the molecule is Cc1ccc([C@@H](CO)NC(=O)c2ccc3cnc(N[C@H]4CCOC[C@H]4F)cc3c2)cc1Cl. The van der Waals surface area contributed by atoms with Crippen molar-refractivity contribution in [3.8, 4) is 0 Å². The highest BCUT2D eigenvalue weighted by molar-refractivity contribution is 6.31. The van der Waals surface area contributed by atoms with Gasteiger partial charge in [0, 0.05) is 28.8 Å². The number of carbonyl (C=O) groups is 1. The van der Waals surface area contributed by atoms with Crippen molar-refractivity contribution in [2.24, 2.45) is 0 Å². The Hall–Kier alpha value is -2.74. The van der Waals surface area contributed by atoms with E-state index in [1.54, 1.807) is 30.5 Å². The van der Waals surface area contributed by atoms with E-state index in [1.807, 2.05) is 25.1 Å². The molecule has 1 aliphatic rings. The number of nitrogens with zero attached hydrogens (tertiary/aromatic N) is 1. The summed E-state index contributed by atoms with van der Waals surface area (Å²) in [7, 11) is 0. The number of aliphatic hydroxyl groups excluding tert-OH is 1. The first-order valence-corrected chi connectivity index (χ1v) is 10.9. The fraction of sp³-hybridized carbons (Fsp3) is 0.333. The van der Waals surface area contributed by atoms with Gasteiger partial charge in [-0.15, -0.1) is 0 Å². The lowest BCUT2D eigenvalue weighted by atomic mass is 10.0. The molecule has 3 aromatic rings. The number of anilines is 1. The van der Waals surface area contributed by atoms with Crippen LogP contribution >= 0.6 is 11.6 Å². The molecule has 0 bridgehead atoms. The van der Waals surface area contributed by atoms with Crippen LogP contribution in [0.4, 0.5) is 10.2 Å². The number of aromatic nitrogens is 1. The van der Waals surface area contributed by atoms with Crippen LogP contribution in [0.25, 0.3) is 10.8 Å². The van der Waals surface area contributed by atoms with E-state index in [0.717, 1.165) is 21.9 Å². The van der Waals surface area contributed by atoms with Gasteiger partial charge in [0.05, 0.1) is 25.3 Å². The van der Waals surface area contributed by atoms with Gasteiger partial charge in [0.25, 0.3) is 5.91 Å². The Kier molecular flexibility index (Phi) is 6.89. The molecule has 0 radical (unpaired) electrons. The number of ether oxygens (including phenoxy) is 1. The minimum absolute atomic E-state index is 0.0772. The number of benzene rings is 2. The van der Waals surface area contributed by atoms with Crippen LogP contribution in [-0.4, -0.2) is 48.0 Å². The molecule has 0 spiro atoms. The highest BCUT2D eigenvalue weighted by Crippen LogP contribution is 2.24. The zero-order valence-electron chi connectivity index (χ0n) is 17.6.